The lowest BCUT2D eigenvalue weighted by atomic mass is 9.91. The van der Waals surface area contributed by atoms with Crippen molar-refractivity contribution in [2.45, 2.75) is 19.4 Å². The molecular formula is C13H22N2O2. The molecule has 17 heavy (non-hydrogen) atoms. The Kier molecular flexibility index (Phi) is 5.25. The molecule has 1 aromatic carbocycles. The highest BCUT2D eigenvalue weighted by atomic mass is 16.5. The van der Waals surface area contributed by atoms with Crippen molar-refractivity contribution >= 4 is 0 Å². The molecule has 96 valence electrons. The maximum Gasteiger partial charge on any atom is 0.127 e. The highest BCUT2D eigenvalue weighted by molar-refractivity contribution is 5.42. The minimum atomic E-state index is -0.106. The molecule has 0 aromatic heterocycles. The van der Waals surface area contributed by atoms with Crippen LogP contribution in [0.25, 0.3) is 0 Å². The van der Waals surface area contributed by atoms with Gasteiger partial charge in [-0.15, -0.1) is 0 Å². The van der Waals surface area contributed by atoms with Crippen LogP contribution in [0.5, 0.6) is 11.5 Å². The van der Waals surface area contributed by atoms with Crippen LogP contribution in [0, 0.1) is 5.92 Å². The zero-order valence-electron chi connectivity index (χ0n) is 10.8. The van der Waals surface area contributed by atoms with E-state index < -0.39 is 0 Å². The molecule has 0 aliphatic heterocycles. The van der Waals surface area contributed by atoms with Gasteiger partial charge in [-0.25, -0.2) is 0 Å². The number of benzene rings is 1. The van der Waals surface area contributed by atoms with Gasteiger partial charge >= 0.3 is 0 Å². The van der Waals surface area contributed by atoms with E-state index in [0.29, 0.717) is 6.54 Å². The second-order valence-corrected chi connectivity index (χ2v) is 4.04. The van der Waals surface area contributed by atoms with Gasteiger partial charge < -0.3 is 20.9 Å². The Morgan fingerprint density at radius 3 is 2.41 bits per heavy atom. The van der Waals surface area contributed by atoms with Crippen molar-refractivity contribution in [2.24, 2.45) is 17.4 Å². The number of ether oxygens (including phenoxy) is 2. The zero-order chi connectivity index (χ0) is 12.8. The summed E-state index contributed by atoms with van der Waals surface area (Å²) in [6.45, 7) is 2.67. The van der Waals surface area contributed by atoms with Gasteiger partial charge in [-0.1, -0.05) is 19.4 Å². The highest BCUT2D eigenvalue weighted by Crippen LogP contribution is 2.32. The molecule has 0 amide bonds. The van der Waals surface area contributed by atoms with E-state index >= 15 is 0 Å². The van der Waals surface area contributed by atoms with Crippen LogP contribution in [0.4, 0.5) is 0 Å². The molecule has 4 heteroatoms. The Bertz CT molecular complexity index is 351. The first kappa shape index (κ1) is 13.8. The molecule has 0 spiro atoms. The molecule has 2 atom stereocenters. The average molecular weight is 238 g/mol. The standard InChI is InChI=1S/C13H22N2O2/c1-4-9(8-14)13(15)11-6-5-10(16-2)7-12(11)17-3/h5-7,9,13H,4,8,14-15H2,1-3H3. The number of hydrogen-bond acceptors (Lipinski definition) is 4. The summed E-state index contributed by atoms with van der Waals surface area (Å²) in [7, 11) is 3.26. The van der Waals surface area contributed by atoms with Gasteiger partial charge in [0.15, 0.2) is 0 Å². The highest BCUT2D eigenvalue weighted by Gasteiger charge is 2.20. The zero-order valence-corrected chi connectivity index (χ0v) is 10.8. The molecule has 2 unspecified atom stereocenters. The van der Waals surface area contributed by atoms with Crippen molar-refractivity contribution in [2.75, 3.05) is 20.8 Å². The molecule has 0 fully saturated rings. The fourth-order valence-corrected chi connectivity index (χ4v) is 1.91. The van der Waals surface area contributed by atoms with Crippen molar-refractivity contribution < 1.29 is 9.47 Å². The number of hydrogen-bond donors (Lipinski definition) is 2. The molecule has 1 rings (SSSR count). The fourth-order valence-electron chi connectivity index (χ4n) is 1.91. The van der Waals surface area contributed by atoms with E-state index in [1.54, 1.807) is 14.2 Å². The monoisotopic (exact) mass is 238 g/mol. The normalized spacial score (nSPS) is 14.2. The lowest BCUT2D eigenvalue weighted by molar-refractivity contribution is 0.372. The molecule has 0 aliphatic rings. The molecular weight excluding hydrogens is 216 g/mol. The van der Waals surface area contributed by atoms with Crippen molar-refractivity contribution in [1.82, 2.24) is 0 Å². The third kappa shape index (κ3) is 3.11. The van der Waals surface area contributed by atoms with E-state index in [9.17, 15) is 0 Å². The number of nitrogens with two attached hydrogens (primary N) is 2. The predicted octanol–water partition coefficient (Wildman–Crippen LogP) is 1.69. The van der Waals surface area contributed by atoms with Gasteiger partial charge in [0.2, 0.25) is 0 Å². The third-order valence-corrected chi connectivity index (χ3v) is 3.13. The van der Waals surface area contributed by atoms with E-state index in [0.717, 1.165) is 23.5 Å². The van der Waals surface area contributed by atoms with Gasteiger partial charge in [0.05, 0.1) is 14.2 Å². The molecule has 4 nitrogen and oxygen atoms in total. The van der Waals surface area contributed by atoms with Crippen molar-refractivity contribution in [3.8, 4) is 11.5 Å². The summed E-state index contributed by atoms with van der Waals surface area (Å²) in [4.78, 5) is 0. The van der Waals surface area contributed by atoms with Crippen LogP contribution in [0.15, 0.2) is 18.2 Å². The first-order valence-corrected chi connectivity index (χ1v) is 5.85. The second-order valence-electron chi connectivity index (χ2n) is 4.04. The Morgan fingerprint density at radius 2 is 1.94 bits per heavy atom. The molecule has 0 heterocycles. The molecule has 0 aliphatic carbocycles. The van der Waals surface area contributed by atoms with E-state index in [1.807, 2.05) is 18.2 Å². The Balaban J connectivity index is 3.03. The van der Waals surface area contributed by atoms with Gasteiger partial charge in [-0.05, 0) is 18.5 Å². The molecule has 4 N–H and O–H groups in total. The molecule has 1 aromatic rings. The first-order chi connectivity index (χ1) is 8.17. The number of rotatable bonds is 6. The maximum absolute atomic E-state index is 6.23. The van der Waals surface area contributed by atoms with Crippen LogP contribution in [0.1, 0.15) is 24.9 Å². The van der Waals surface area contributed by atoms with Gasteiger partial charge in [0, 0.05) is 17.7 Å². The lowest BCUT2D eigenvalue weighted by Gasteiger charge is -2.23. The van der Waals surface area contributed by atoms with Crippen LogP contribution < -0.4 is 20.9 Å². The van der Waals surface area contributed by atoms with Crippen molar-refractivity contribution in [3.63, 3.8) is 0 Å². The maximum atomic E-state index is 6.23. The summed E-state index contributed by atoms with van der Waals surface area (Å²) in [5.74, 6) is 1.78. The van der Waals surface area contributed by atoms with Crippen LogP contribution in [0.2, 0.25) is 0 Å². The first-order valence-electron chi connectivity index (χ1n) is 5.85. The largest absolute Gasteiger partial charge is 0.497 e. The van der Waals surface area contributed by atoms with E-state index in [2.05, 4.69) is 6.92 Å². The fraction of sp³-hybridized carbons (Fsp3) is 0.538. The Labute approximate surface area is 103 Å². The molecule has 0 radical (unpaired) electrons. The minimum Gasteiger partial charge on any atom is -0.497 e. The predicted molar refractivity (Wildman–Crippen MR) is 69.3 cm³/mol. The summed E-state index contributed by atoms with van der Waals surface area (Å²) in [5.41, 5.74) is 12.9. The van der Waals surface area contributed by atoms with Crippen LogP contribution in [-0.2, 0) is 0 Å². The second kappa shape index (κ2) is 6.47. The molecule has 0 saturated heterocycles. The van der Waals surface area contributed by atoms with Crippen molar-refractivity contribution in [3.05, 3.63) is 23.8 Å². The Morgan fingerprint density at radius 1 is 1.24 bits per heavy atom. The summed E-state index contributed by atoms with van der Waals surface area (Å²) in [6, 6.07) is 5.57. The number of methoxy groups -OCH3 is 2. The Hall–Kier alpha value is -1.26. The minimum absolute atomic E-state index is 0.106. The lowest BCUT2D eigenvalue weighted by Crippen LogP contribution is -2.27. The van der Waals surface area contributed by atoms with Gasteiger partial charge in [-0.2, -0.15) is 0 Å². The van der Waals surface area contributed by atoms with Crippen LogP contribution >= 0.6 is 0 Å². The average Bonchev–Trinajstić information content (AvgIpc) is 2.39. The molecule has 0 saturated carbocycles. The quantitative estimate of drug-likeness (QED) is 0.791. The van der Waals surface area contributed by atoms with Crippen LogP contribution in [-0.4, -0.2) is 20.8 Å². The SMILES string of the molecule is CCC(CN)C(N)c1ccc(OC)cc1OC. The summed E-state index contributed by atoms with van der Waals surface area (Å²) in [6.07, 6.45) is 0.951. The molecule has 0 bridgehead atoms. The van der Waals surface area contributed by atoms with Gasteiger partial charge in [-0.3, -0.25) is 0 Å². The summed E-state index contributed by atoms with van der Waals surface area (Å²) < 4.78 is 10.5. The van der Waals surface area contributed by atoms with E-state index in [4.69, 9.17) is 20.9 Å². The van der Waals surface area contributed by atoms with E-state index in [-0.39, 0.29) is 12.0 Å². The summed E-state index contributed by atoms with van der Waals surface area (Å²) >= 11 is 0. The van der Waals surface area contributed by atoms with Crippen LogP contribution in [0.3, 0.4) is 0 Å². The third-order valence-electron chi connectivity index (χ3n) is 3.13. The smallest absolute Gasteiger partial charge is 0.127 e. The van der Waals surface area contributed by atoms with Gasteiger partial charge in [0.1, 0.15) is 11.5 Å². The van der Waals surface area contributed by atoms with Crippen molar-refractivity contribution in [1.29, 1.82) is 0 Å². The topological polar surface area (TPSA) is 70.5 Å². The summed E-state index contributed by atoms with van der Waals surface area (Å²) in [5, 5.41) is 0. The van der Waals surface area contributed by atoms with E-state index in [1.165, 1.54) is 0 Å². The van der Waals surface area contributed by atoms with Gasteiger partial charge in [0.25, 0.3) is 0 Å².